The Hall–Kier alpha value is -2.93. The second kappa shape index (κ2) is 7.10. The molecule has 0 aliphatic rings. The third-order valence-electron chi connectivity index (χ3n) is 3.35. The highest BCUT2D eigenvalue weighted by molar-refractivity contribution is 5.46. The van der Waals surface area contributed by atoms with Crippen molar-refractivity contribution in [3.05, 3.63) is 70.9 Å². The predicted molar refractivity (Wildman–Crippen MR) is 87.9 cm³/mol. The van der Waals surface area contributed by atoms with E-state index >= 15 is 0 Å². The Morgan fingerprint density at radius 2 is 2.04 bits per heavy atom. The maximum Gasteiger partial charge on any atom is 0.259 e. The topological polar surface area (TPSA) is 75.9 Å². The van der Waals surface area contributed by atoms with Gasteiger partial charge >= 0.3 is 0 Å². The highest BCUT2D eigenvalue weighted by Gasteiger charge is 2.07. The van der Waals surface area contributed by atoms with Gasteiger partial charge in [-0.05, 0) is 36.4 Å². The quantitative estimate of drug-likeness (QED) is 0.720. The van der Waals surface area contributed by atoms with Crippen molar-refractivity contribution in [2.45, 2.75) is 6.10 Å². The van der Waals surface area contributed by atoms with Crippen LogP contribution >= 0.6 is 0 Å². The SMILES string of the molecule is O=c1cc(NC[C@H](O)COc2ccc(F)cc2)nc2ccccn12. The van der Waals surface area contributed by atoms with Gasteiger partial charge in [0.15, 0.2) is 0 Å². The van der Waals surface area contributed by atoms with Crippen molar-refractivity contribution in [1.29, 1.82) is 0 Å². The smallest absolute Gasteiger partial charge is 0.259 e. The first-order valence-electron chi connectivity index (χ1n) is 7.40. The molecule has 0 fully saturated rings. The Balaban J connectivity index is 1.57. The number of anilines is 1. The minimum atomic E-state index is -0.814. The molecule has 0 saturated carbocycles. The number of aliphatic hydroxyl groups is 1. The molecule has 2 N–H and O–H groups in total. The minimum absolute atomic E-state index is 0.0329. The first-order chi connectivity index (χ1) is 11.6. The summed E-state index contributed by atoms with van der Waals surface area (Å²) in [5, 5.41) is 12.8. The lowest BCUT2D eigenvalue weighted by Crippen LogP contribution is -2.27. The number of fused-ring (bicyclic) bond motifs is 1. The molecule has 0 unspecified atom stereocenters. The summed E-state index contributed by atoms with van der Waals surface area (Å²) in [7, 11) is 0. The zero-order valence-electron chi connectivity index (χ0n) is 12.7. The van der Waals surface area contributed by atoms with E-state index in [0.717, 1.165) is 0 Å². The number of nitrogens with zero attached hydrogens (tertiary/aromatic N) is 2. The van der Waals surface area contributed by atoms with E-state index in [2.05, 4.69) is 10.3 Å². The maximum atomic E-state index is 12.8. The van der Waals surface area contributed by atoms with Crippen LogP contribution in [-0.2, 0) is 0 Å². The van der Waals surface area contributed by atoms with E-state index in [-0.39, 0.29) is 24.5 Å². The van der Waals surface area contributed by atoms with Gasteiger partial charge in [0, 0.05) is 18.8 Å². The molecule has 6 nitrogen and oxygen atoms in total. The molecule has 3 aromatic rings. The normalized spacial score (nSPS) is 12.1. The molecule has 1 aromatic carbocycles. The van der Waals surface area contributed by atoms with Crippen LogP contribution in [0.15, 0.2) is 59.5 Å². The molecule has 0 bridgehead atoms. The second-order valence-electron chi connectivity index (χ2n) is 5.21. The zero-order valence-corrected chi connectivity index (χ0v) is 12.7. The summed E-state index contributed by atoms with van der Waals surface area (Å²) < 4.78 is 19.6. The van der Waals surface area contributed by atoms with Gasteiger partial charge in [0.2, 0.25) is 0 Å². The van der Waals surface area contributed by atoms with E-state index in [1.165, 1.54) is 34.7 Å². The Kier molecular flexibility index (Phi) is 4.72. The Labute approximate surface area is 137 Å². The van der Waals surface area contributed by atoms with Crippen LogP contribution in [0, 0.1) is 5.82 Å². The molecule has 0 spiro atoms. The number of nitrogens with one attached hydrogen (secondary N) is 1. The fourth-order valence-corrected chi connectivity index (χ4v) is 2.15. The van der Waals surface area contributed by atoms with Crippen LogP contribution in [0.1, 0.15) is 0 Å². The fourth-order valence-electron chi connectivity index (χ4n) is 2.15. The molecule has 0 saturated heterocycles. The van der Waals surface area contributed by atoms with Crippen LogP contribution in [0.25, 0.3) is 5.65 Å². The molecule has 0 radical (unpaired) electrons. The van der Waals surface area contributed by atoms with Crippen LogP contribution in [0.4, 0.5) is 10.2 Å². The lowest BCUT2D eigenvalue weighted by atomic mass is 10.3. The van der Waals surface area contributed by atoms with Gasteiger partial charge in [-0.2, -0.15) is 0 Å². The monoisotopic (exact) mass is 329 g/mol. The second-order valence-corrected chi connectivity index (χ2v) is 5.21. The van der Waals surface area contributed by atoms with Crippen LogP contribution in [0.2, 0.25) is 0 Å². The molecular formula is C17H16FN3O3. The van der Waals surface area contributed by atoms with Gasteiger partial charge in [-0.25, -0.2) is 9.37 Å². The largest absolute Gasteiger partial charge is 0.491 e. The van der Waals surface area contributed by atoms with E-state index in [1.807, 2.05) is 0 Å². The first kappa shape index (κ1) is 15.9. The van der Waals surface area contributed by atoms with Gasteiger partial charge in [-0.3, -0.25) is 9.20 Å². The van der Waals surface area contributed by atoms with Gasteiger partial charge < -0.3 is 15.2 Å². The standard InChI is InChI=1S/C17H16FN3O3/c18-12-4-6-14(7-5-12)24-11-13(22)10-19-15-9-17(23)21-8-2-1-3-16(21)20-15/h1-9,13,19,22H,10-11H2/t13-/m0/s1. The van der Waals surface area contributed by atoms with Crippen molar-refractivity contribution in [3.8, 4) is 5.75 Å². The predicted octanol–water partition coefficient (Wildman–Crippen LogP) is 1.69. The fraction of sp³-hybridized carbons (Fsp3) is 0.176. The highest BCUT2D eigenvalue weighted by atomic mass is 19.1. The third kappa shape index (κ3) is 3.88. The highest BCUT2D eigenvalue weighted by Crippen LogP contribution is 2.11. The Bertz CT molecular complexity index is 880. The van der Waals surface area contributed by atoms with E-state index in [4.69, 9.17) is 4.74 Å². The van der Waals surface area contributed by atoms with E-state index in [0.29, 0.717) is 17.2 Å². The molecule has 0 aliphatic heterocycles. The number of aromatic nitrogens is 2. The number of ether oxygens (including phenoxy) is 1. The van der Waals surface area contributed by atoms with E-state index in [1.54, 1.807) is 24.4 Å². The lowest BCUT2D eigenvalue weighted by molar-refractivity contribution is 0.117. The van der Waals surface area contributed by atoms with Gasteiger partial charge in [0.25, 0.3) is 5.56 Å². The number of pyridine rings is 1. The molecule has 124 valence electrons. The van der Waals surface area contributed by atoms with Crippen molar-refractivity contribution >= 4 is 11.5 Å². The molecule has 0 aliphatic carbocycles. The number of hydrogen-bond donors (Lipinski definition) is 2. The summed E-state index contributed by atoms with van der Waals surface area (Å²) in [6, 6.07) is 12.2. The molecule has 2 heterocycles. The maximum absolute atomic E-state index is 12.8. The number of hydrogen-bond acceptors (Lipinski definition) is 5. The van der Waals surface area contributed by atoms with Gasteiger partial charge in [-0.1, -0.05) is 6.07 Å². The molecule has 0 amide bonds. The van der Waals surface area contributed by atoms with Crippen LogP contribution < -0.4 is 15.6 Å². The molecule has 2 aromatic heterocycles. The molecule has 24 heavy (non-hydrogen) atoms. The Morgan fingerprint density at radius 1 is 1.25 bits per heavy atom. The van der Waals surface area contributed by atoms with Gasteiger partial charge in [0.05, 0.1) is 0 Å². The molecule has 3 rings (SSSR count). The van der Waals surface area contributed by atoms with Crippen LogP contribution in [0.5, 0.6) is 5.75 Å². The molecule has 1 atom stereocenters. The van der Waals surface area contributed by atoms with Crippen LogP contribution in [-0.4, -0.2) is 33.7 Å². The summed E-state index contributed by atoms with van der Waals surface area (Å²) in [4.78, 5) is 16.2. The number of benzene rings is 1. The number of aliphatic hydroxyl groups excluding tert-OH is 1. The minimum Gasteiger partial charge on any atom is -0.491 e. The average molecular weight is 329 g/mol. The van der Waals surface area contributed by atoms with Crippen LogP contribution in [0.3, 0.4) is 0 Å². The van der Waals surface area contributed by atoms with Crippen molar-refractivity contribution in [3.63, 3.8) is 0 Å². The summed E-state index contributed by atoms with van der Waals surface area (Å²) in [6.07, 6.45) is 0.825. The molecule has 7 heteroatoms. The summed E-state index contributed by atoms with van der Waals surface area (Å²) in [5.74, 6) is 0.503. The summed E-state index contributed by atoms with van der Waals surface area (Å²) >= 11 is 0. The zero-order chi connectivity index (χ0) is 16.9. The third-order valence-corrected chi connectivity index (χ3v) is 3.35. The molecular weight excluding hydrogens is 313 g/mol. The van der Waals surface area contributed by atoms with E-state index < -0.39 is 6.10 Å². The lowest BCUT2D eigenvalue weighted by Gasteiger charge is -2.14. The Morgan fingerprint density at radius 3 is 2.83 bits per heavy atom. The van der Waals surface area contributed by atoms with E-state index in [9.17, 15) is 14.3 Å². The number of halogens is 1. The first-order valence-corrected chi connectivity index (χ1v) is 7.40. The van der Waals surface area contributed by atoms with Gasteiger partial charge in [0.1, 0.15) is 35.7 Å². The summed E-state index contributed by atoms with van der Waals surface area (Å²) in [6.45, 7) is 0.196. The van der Waals surface area contributed by atoms with Crippen molar-refractivity contribution in [2.24, 2.45) is 0 Å². The summed E-state index contributed by atoms with van der Waals surface area (Å²) in [5.41, 5.74) is 0.310. The van der Waals surface area contributed by atoms with Crippen molar-refractivity contribution < 1.29 is 14.2 Å². The van der Waals surface area contributed by atoms with Gasteiger partial charge in [-0.15, -0.1) is 0 Å². The van der Waals surface area contributed by atoms with Crippen molar-refractivity contribution in [1.82, 2.24) is 9.38 Å². The van der Waals surface area contributed by atoms with Crippen molar-refractivity contribution in [2.75, 3.05) is 18.5 Å². The number of rotatable bonds is 6. The average Bonchev–Trinajstić information content (AvgIpc) is 2.59.